The third kappa shape index (κ3) is 1.85. The van der Waals surface area contributed by atoms with Crippen molar-refractivity contribution >= 4 is 23.1 Å². The standard InChI is InChI=1S/C16H11N3S/c1-2-7-13-12(6-1)19-15-11(5-3-8-14(15)20-13)16-17-9-4-10-18-16/h1-10,19H. The van der Waals surface area contributed by atoms with Crippen molar-refractivity contribution in [2.75, 3.05) is 5.32 Å². The summed E-state index contributed by atoms with van der Waals surface area (Å²) in [5.74, 6) is 0.747. The van der Waals surface area contributed by atoms with E-state index in [4.69, 9.17) is 0 Å². The lowest BCUT2D eigenvalue weighted by Gasteiger charge is -2.22. The van der Waals surface area contributed by atoms with E-state index < -0.39 is 0 Å². The molecule has 4 rings (SSSR count). The first-order valence-corrected chi connectivity index (χ1v) is 7.18. The van der Waals surface area contributed by atoms with Gasteiger partial charge in [-0.25, -0.2) is 9.97 Å². The molecule has 2 aromatic carbocycles. The average molecular weight is 277 g/mol. The van der Waals surface area contributed by atoms with Gasteiger partial charge in [0, 0.05) is 27.7 Å². The number of rotatable bonds is 1. The van der Waals surface area contributed by atoms with E-state index in [0.717, 1.165) is 22.8 Å². The Labute approximate surface area is 121 Å². The topological polar surface area (TPSA) is 37.8 Å². The number of hydrogen-bond donors (Lipinski definition) is 1. The van der Waals surface area contributed by atoms with Crippen molar-refractivity contribution in [2.45, 2.75) is 9.79 Å². The molecule has 0 atom stereocenters. The lowest BCUT2D eigenvalue weighted by Crippen LogP contribution is -2.02. The van der Waals surface area contributed by atoms with Gasteiger partial charge in [0.1, 0.15) is 0 Å². The quantitative estimate of drug-likeness (QED) is 0.561. The molecule has 1 aromatic heterocycles. The molecule has 3 aromatic rings. The van der Waals surface area contributed by atoms with Crippen molar-refractivity contribution in [3.05, 3.63) is 60.9 Å². The van der Waals surface area contributed by atoms with Gasteiger partial charge in [-0.3, -0.25) is 0 Å². The third-order valence-electron chi connectivity index (χ3n) is 3.20. The average Bonchev–Trinajstić information content (AvgIpc) is 2.53. The normalized spacial score (nSPS) is 12.2. The molecule has 1 aliphatic rings. The number of nitrogens with one attached hydrogen (secondary N) is 1. The van der Waals surface area contributed by atoms with Crippen LogP contribution >= 0.6 is 11.8 Å². The summed E-state index contributed by atoms with van der Waals surface area (Å²) in [6, 6.07) is 16.4. The minimum atomic E-state index is 0.747. The molecule has 96 valence electrons. The van der Waals surface area contributed by atoms with Gasteiger partial charge in [0.2, 0.25) is 0 Å². The van der Waals surface area contributed by atoms with Crippen molar-refractivity contribution < 1.29 is 0 Å². The Kier molecular flexibility index (Phi) is 2.67. The Morgan fingerprint density at radius 1 is 0.800 bits per heavy atom. The van der Waals surface area contributed by atoms with E-state index in [1.165, 1.54) is 9.79 Å². The molecular weight excluding hydrogens is 266 g/mol. The van der Waals surface area contributed by atoms with Crippen molar-refractivity contribution in [3.63, 3.8) is 0 Å². The minimum absolute atomic E-state index is 0.747. The zero-order valence-electron chi connectivity index (χ0n) is 10.6. The number of nitrogens with zero attached hydrogens (tertiary/aromatic N) is 2. The van der Waals surface area contributed by atoms with Crippen molar-refractivity contribution in [2.24, 2.45) is 0 Å². The second-order valence-electron chi connectivity index (χ2n) is 4.47. The molecule has 0 saturated carbocycles. The molecule has 2 heterocycles. The molecule has 4 heteroatoms. The number of para-hydroxylation sites is 2. The van der Waals surface area contributed by atoms with Crippen molar-refractivity contribution in [1.82, 2.24) is 9.97 Å². The Morgan fingerprint density at radius 3 is 2.50 bits per heavy atom. The van der Waals surface area contributed by atoms with Crippen LogP contribution in [0.3, 0.4) is 0 Å². The van der Waals surface area contributed by atoms with Crippen LogP contribution in [0.4, 0.5) is 11.4 Å². The van der Waals surface area contributed by atoms with Gasteiger partial charge in [-0.2, -0.15) is 0 Å². The number of anilines is 2. The van der Waals surface area contributed by atoms with Gasteiger partial charge in [-0.15, -0.1) is 0 Å². The van der Waals surface area contributed by atoms with Crippen LogP contribution in [0.5, 0.6) is 0 Å². The van der Waals surface area contributed by atoms with Crippen LogP contribution in [0.1, 0.15) is 0 Å². The maximum absolute atomic E-state index is 4.35. The van der Waals surface area contributed by atoms with E-state index in [-0.39, 0.29) is 0 Å². The fourth-order valence-corrected chi connectivity index (χ4v) is 3.30. The molecule has 1 N–H and O–H groups in total. The molecule has 3 nitrogen and oxygen atoms in total. The van der Waals surface area contributed by atoms with Crippen molar-refractivity contribution in [3.8, 4) is 11.4 Å². The molecule has 0 unspecified atom stereocenters. The van der Waals surface area contributed by atoms with E-state index in [1.54, 1.807) is 24.2 Å². The summed E-state index contributed by atoms with van der Waals surface area (Å²) in [5, 5.41) is 3.51. The Bertz CT molecular complexity index is 772. The highest BCUT2D eigenvalue weighted by atomic mass is 32.2. The van der Waals surface area contributed by atoms with Gasteiger partial charge in [-0.05, 0) is 30.3 Å². The molecular formula is C16H11N3S. The molecule has 20 heavy (non-hydrogen) atoms. The summed E-state index contributed by atoms with van der Waals surface area (Å²) in [4.78, 5) is 11.1. The van der Waals surface area contributed by atoms with Gasteiger partial charge >= 0.3 is 0 Å². The van der Waals surface area contributed by atoms with E-state index in [1.807, 2.05) is 18.2 Å². The van der Waals surface area contributed by atoms with Crippen LogP contribution in [0.15, 0.2) is 70.7 Å². The van der Waals surface area contributed by atoms with Crippen LogP contribution in [0.2, 0.25) is 0 Å². The first-order chi connectivity index (χ1) is 9.92. The molecule has 0 saturated heterocycles. The largest absolute Gasteiger partial charge is 0.353 e. The van der Waals surface area contributed by atoms with Crippen molar-refractivity contribution in [1.29, 1.82) is 0 Å². The Hall–Kier alpha value is -2.33. The highest BCUT2D eigenvalue weighted by Gasteiger charge is 2.19. The van der Waals surface area contributed by atoms with Crippen LogP contribution in [0, 0.1) is 0 Å². The van der Waals surface area contributed by atoms with E-state index in [0.29, 0.717) is 0 Å². The summed E-state index contributed by atoms with van der Waals surface area (Å²) >= 11 is 1.77. The monoisotopic (exact) mass is 277 g/mol. The summed E-state index contributed by atoms with van der Waals surface area (Å²) in [5.41, 5.74) is 3.25. The lowest BCUT2D eigenvalue weighted by molar-refractivity contribution is 1.17. The molecule has 0 radical (unpaired) electrons. The summed E-state index contributed by atoms with van der Waals surface area (Å²) in [6.07, 6.45) is 3.54. The summed E-state index contributed by atoms with van der Waals surface area (Å²) in [6.45, 7) is 0. The number of benzene rings is 2. The van der Waals surface area contributed by atoms with Crippen LogP contribution < -0.4 is 5.32 Å². The molecule has 0 spiro atoms. The second kappa shape index (κ2) is 4.65. The fourth-order valence-electron chi connectivity index (χ4n) is 2.28. The van der Waals surface area contributed by atoms with Gasteiger partial charge in [0.25, 0.3) is 0 Å². The molecule has 0 amide bonds. The smallest absolute Gasteiger partial charge is 0.161 e. The lowest BCUT2D eigenvalue weighted by atomic mass is 10.1. The molecule has 0 bridgehead atoms. The summed E-state index contributed by atoms with van der Waals surface area (Å²) in [7, 11) is 0. The number of hydrogen-bond acceptors (Lipinski definition) is 4. The van der Waals surface area contributed by atoms with Gasteiger partial charge < -0.3 is 5.32 Å². The van der Waals surface area contributed by atoms with E-state index in [9.17, 15) is 0 Å². The zero-order chi connectivity index (χ0) is 13.4. The Morgan fingerprint density at radius 2 is 1.60 bits per heavy atom. The molecule has 1 aliphatic heterocycles. The first-order valence-electron chi connectivity index (χ1n) is 6.36. The predicted molar refractivity (Wildman–Crippen MR) is 81.3 cm³/mol. The van der Waals surface area contributed by atoms with E-state index >= 15 is 0 Å². The Balaban J connectivity index is 1.87. The van der Waals surface area contributed by atoms with E-state index in [2.05, 4.69) is 45.6 Å². The second-order valence-corrected chi connectivity index (χ2v) is 5.56. The predicted octanol–water partition coefficient (Wildman–Crippen LogP) is 4.35. The highest BCUT2D eigenvalue weighted by molar-refractivity contribution is 7.99. The highest BCUT2D eigenvalue weighted by Crippen LogP contribution is 2.47. The summed E-state index contributed by atoms with van der Waals surface area (Å²) < 4.78 is 0. The fraction of sp³-hybridized carbons (Fsp3) is 0. The number of fused-ring (bicyclic) bond motifs is 2. The maximum atomic E-state index is 4.35. The minimum Gasteiger partial charge on any atom is -0.353 e. The van der Waals surface area contributed by atoms with Gasteiger partial charge in [-0.1, -0.05) is 30.0 Å². The van der Waals surface area contributed by atoms with Crippen LogP contribution in [-0.4, -0.2) is 9.97 Å². The first kappa shape index (κ1) is 11.5. The van der Waals surface area contributed by atoms with Gasteiger partial charge in [0.05, 0.1) is 11.4 Å². The molecule has 0 aliphatic carbocycles. The van der Waals surface area contributed by atoms with Crippen LogP contribution in [0.25, 0.3) is 11.4 Å². The maximum Gasteiger partial charge on any atom is 0.161 e. The third-order valence-corrected chi connectivity index (χ3v) is 4.34. The number of aromatic nitrogens is 2. The SMILES string of the molecule is c1cnc(-c2cccc3c2Nc2ccccc2S3)nc1. The zero-order valence-corrected chi connectivity index (χ0v) is 11.4. The molecule has 0 fully saturated rings. The van der Waals surface area contributed by atoms with Gasteiger partial charge in [0.15, 0.2) is 5.82 Å². The van der Waals surface area contributed by atoms with Crippen LogP contribution in [-0.2, 0) is 0 Å².